The van der Waals surface area contributed by atoms with Gasteiger partial charge in [-0.15, -0.1) is 0 Å². The number of methoxy groups -OCH3 is 1. The van der Waals surface area contributed by atoms with E-state index < -0.39 is 0 Å². The first-order valence-corrected chi connectivity index (χ1v) is 12.0. The molecule has 0 radical (unpaired) electrons. The van der Waals surface area contributed by atoms with Crippen molar-refractivity contribution in [2.75, 3.05) is 7.11 Å². The van der Waals surface area contributed by atoms with Gasteiger partial charge in [0.1, 0.15) is 18.4 Å². The van der Waals surface area contributed by atoms with Crippen LogP contribution in [0.2, 0.25) is 0 Å². The van der Waals surface area contributed by atoms with Crippen molar-refractivity contribution in [1.82, 2.24) is 30.0 Å². The molecule has 8 heteroatoms. The lowest BCUT2D eigenvalue weighted by atomic mass is 9.99. The van der Waals surface area contributed by atoms with Crippen LogP contribution in [0, 0.1) is 0 Å². The Morgan fingerprint density at radius 3 is 2.76 bits per heavy atom. The summed E-state index contributed by atoms with van der Waals surface area (Å²) >= 11 is 0. The van der Waals surface area contributed by atoms with E-state index in [0.717, 1.165) is 57.5 Å². The van der Waals surface area contributed by atoms with Crippen LogP contribution in [-0.4, -0.2) is 37.7 Å². The summed E-state index contributed by atoms with van der Waals surface area (Å²) in [7, 11) is 1.66. The monoisotopic (exact) mass is 488 g/mol. The van der Waals surface area contributed by atoms with Crippen molar-refractivity contribution in [3.05, 3.63) is 107 Å². The van der Waals surface area contributed by atoms with Crippen LogP contribution in [0.3, 0.4) is 0 Å². The Kier molecular flexibility index (Phi) is 5.90. The van der Waals surface area contributed by atoms with E-state index in [1.807, 2.05) is 60.7 Å². The molecular weight excluding hydrogens is 464 g/mol. The summed E-state index contributed by atoms with van der Waals surface area (Å²) in [5, 5.41) is 8.15. The SMILES string of the molecule is COc1ccc(/C=C2/CCc3c2nc2ccccc2c3C(=O)NCc2cccnc2-n2cncn2)cc1. The van der Waals surface area contributed by atoms with Crippen molar-refractivity contribution in [3.8, 4) is 11.6 Å². The number of benzene rings is 2. The molecule has 3 aromatic heterocycles. The van der Waals surface area contributed by atoms with Gasteiger partial charge in [0, 0.05) is 23.7 Å². The minimum Gasteiger partial charge on any atom is -0.497 e. The van der Waals surface area contributed by atoms with Crippen molar-refractivity contribution >= 4 is 28.5 Å². The lowest BCUT2D eigenvalue weighted by Gasteiger charge is -2.14. The zero-order valence-electron chi connectivity index (χ0n) is 20.3. The molecule has 1 aliphatic rings. The fourth-order valence-corrected chi connectivity index (χ4v) is 4.80. The number of nitrogens with one attached hydrogen (secondary N) is 1. The largest absolute Gasteiger partial charge is 0.497 e. The molecule has 1 amide bonds. The van der Waals surface area contributed by atoms with Crippen LogP contribution in [0.4, 0.5) is 0 Å². The molecule has 0 unspecified atom stereocenters. The minimum atomic E-state index is -0.131. The molecule has 0 bridgehead atoms. The van der Waals surface area contributed by atoms with Crippen LogP contribution in [0.15, 0.2) is 79.5 Å². The average Bonchev–Trinajstić information content (AvgIpc) is 3.62. The van der Waals surface area contributed by atoms with Crippen molar-refractivity contribution in [2.24, 2.45) is 0 Å². The fraction of sp³-hybridized carbons (Fsp3) is 0.138. The number of para-hydroxylation sites is 1. The van der Waals surface area contributed by atoms with E-state index in [-0.39, 0.29) is 5.91 Å². The number of amides is 1. The first-order valence-electron chi connectivity index (χ1n) is 12.0. The van der Waals surface area contributed by atoms with E-state index in [0.29, 0.717) is 17.9 Å². The van der Waals surface area contributed by atoms with Gasteiger partial charge in [-0.05, 0) is 59.9 Å². The Morgan fingerprint density at radius 1 is 1.08 bits per heavy atom. The molecule has 0 spiro atoms. The highest BCUT2D eigenvalue weighted by molar-refractivity contribution is 6.09. The maximum Gasteiger partial charge on any atom is 0.252 e. The lowest BCUT2D eigenvalue weighted by molar-refractivity contribution is 0.0951. The van der Waals surface area contributed by atoms with Gasteiger partial charge in [-0.25, -0.2) is 19.6 Å². The van der Waals surface area contributed by atoms with Crippen LogP contribution >= 0.6 is 0 Å². The molecular formula is C29H24N6O2. The summed E-state index contributed by atoms with van der Waals surface area (Å²) in [5.41, 5.74) is 6.41. The molecule has 0 aliphatic heterocycles. The van der Waals surface area contributed by atoms with Crippen molar-refractivity contribution in [2.45, 2.75) is 19.4 Å². The maximum atomic E-state index is 13.7. The third kappa shape index (κ3) is 4.33. The number of fused-ring (bicyclic) bond motifs is 2. The Labute approximate surface area is 213 Å². The normalized spacial score (nSPS) is 13.6. The summed E-state index contributed by atoms with van der Waals surface area (Å²) in [6, 6.07) is 19.5. The predicted molar refractivity (Wildman–Crippen MR) is 141 cm³/mol. The number of carbonyl (C=O) groups excluding carboxylic acids is 1. The highest BCUT2D eigenvalue weighted by atomic mass is 16.5. The Bertz CT molecular complexity index is 1620. The quantitative estimate of drug-likeness (QED) is 0.374. The van der Waals surface area contributed by atoms with Gasteiger partial charge < -0.3 is 10.1 Å². The van der Waals surface area contributed by atoms with E-state index >= 15 is 0 Å². The summed E-state index contributed by atoms with van der Waals surface area (Å²) in [4.78, 5) is 27.1. The van der Waals surface area contributed by atoms with Crippen molar-refractivity contribution in [1.29, 1.82) is 0 Å². The van der Waals surface area contributed by atoms with Crippen LogP contribution in [0.1, 0.15) is 39.2 Å². The molecule has 0 saturated carbocycles. The predicted octanol–water partition coefficient (Wildman–Crippen LogP) is 4.64. The topological polar surface area (TPSA) is 94.8 Å². The zero-order valence-corrected chi connectivity index (χ0v) is 20.3. The van der Waals surface area contributed by atoms with E-state index in [1.54, 1.807) is 24.3 Å². The number of pyridine rings is 2. The summed E-state index contributed by atoms with van der Waals surface area (Å²) in [6.07, 6.45) is 8.48. The first kappa shape index (κ1) is 22.6. The third-order valence-corrected chi connectivity index (χ3v) is 6.57. The van der Waals surface area contributed by atoms with Gasteiger partial charge in [-0.1, -0.05) is 36.4 Å². The number of aromatic nitrogens is 5. The molecule has 0 fully saturated rings. The van der Waals surface area contributed by atoms with Crippen LogP contribution < -0.4 is 10.1 Å². The smallest absolute Gasteiger partial charge is 0.252 e. The van der Waals surface area contributed by atoms with Gasteiger partial charge in [0.15, 0.2) is 5.82 Å². The van der Waals surface area contributed by atoms with Crippen molar-refractivity contribution < 1.29 is 9.53 Å². The minimum absolute atomic E-state index is 0.131. The number of ether oxygens (including phenoxy) is 1. The first-order chi connectivity index (χ1) is 18.2. The van der Waals surface area contributed by atoms with Crippen LogP contribution in [-0.2, 0) is 13.0 Å². The second kappa shape index (κ2) is 9.66. The second-order valence-electron chi connectivity index (χ2n) is 8.78. The molecule has 182 valence electrons. The van der Waals surface area contributed by atoms with Gasteiger partial charge in [0.2, 0.25) is 0 Å². The number of carbonyl (C=O) groups is 1. The molecule has 2 aromatic carbocycles. The van der Waals surface area contributed by atoms with Gasteiger partial charge >= 0.3 is 0 Å². The Hall–Kier alpha value is -4.85. The number of hydrogen-bond donors (Lipinski definition) is 1. The number of allylic oxidation sites excluding steroid dienone is 1. The van der Waals surface area contributed by atoms with Crippen LogP contribution in [0.5, 0.6) is 5.75 Å². The van der Waals surface area contributed by atoms with E-state index in [9.17, 15) is 4.79 Å². The molecule has 0 atom stereocenters. The standard InChI is InChI=1S/C29H24N6O2/c1-37-22-11-8-19(9-12-22)15-20-10-13-24-26(23-6-2-3-7-25(23)34-27(20)24)29(36)32-16-21-5-4-14-31-28(21)35-18-30-17-33-35/h2-9,11-12,14-15,17-18H,10,13,16H2,1H3,(H,32,36)/b20-15-. The van der Waals surface area contributed by atoms with E-state index in [4.69, 9.17) is 9.72 Å². The zero-order chi connectivity index (χ0) is 25.2. The molecule has 8 nitrogen and oxygen atoms in total. The Morgan fingerprint density at radius 2 is 1.95 bits per heavy atom. The molecule has 0 saturated heterocycles. The molecule has 5 aromatic rings. The maximum absolute atomic E-state index is 13.7. The van der Waals surface area contributed by atoms with Crippen LogP contribution in [0.25, 0.3) is 28.4 Å². The Balaban J connectivity index is 1.35. The molecule has 6 rings (SSSR count). The number of nitrogens with zero attached hydrogens (tertiary/aromatic N) is 5. The van der Waals surface area contributed by atoms with Crippen molar-refractivity contribution in [3.63, 3.8) is 0 Å². The van der Waals surface area contributed by atoms with Gasteiger partial charge in [-0.2, -0.15) is 5.10 Å². The highest BCUT2D eigenvalue weighted by Gasteiger charge is 2.27. The fourth-order valence-electron chi connectivity index (χ4n) is 4.80. The summed E-state index contributed by atoms with van der Waals surface area (Å²) < 4.78 is 6.87. The highest BCUT2D eigenvalue weighted by Crippen LogP contribution is 2.37. The summed E-state index contributed by atoms with van der Waals surface area (Å²) in [6.45, 7) is 0.307. The molecule has 3 heterocycles. The van der Waals surface area contributed by atoms with Gasteiger partial charge in [0.25, 0.3) is 5.91 Å². The number of hydrogen-bond acceptors (Lipinski definition) is 6. The molecule has 1 aliphatic carbocycles. The van der Waals surface area contributed by atoms with Gasteiger partial charge in [0.05, 0.1) is 23.9 Å². The lowest BCUT2D eigenvalue weighted by Crippen LogP contribution is -2.25. The average molecular weight is 489 g/mol. The number of rotatable bonds is 6. The third-order valence-electron chi connectivity index (χ3n) is 6.57. The van der Waals surface area contributed by atoms with E-state index in [2.05, 4.69) is 26.5 Å². The van der Waals surface area contributed by atoms with E-state index in [1.165, 1.54) is 6.33 Å². The molecule has 37 heavy (non-hydrogen) atoms. The second-order valence-corrected chi connectivity index (χ2v) is 8.78. The summed E-state index contributed by atoms with van der Waals surface area (Å²) in [5.74, 6) is 1.32. The van der Waals surface area contributed by atoms with Gasteiger partial charge in [-0.3, -0.25) is 4.79 Å². The molecule has 1 N–H and O–H groups in total.